The second kappa shape index (κ2) is 16.4. The Hall–Kier alpha value is -7.24. The van der Waals surface area contributed by atoms with Crippen molar-refractivity contribution in [1.82, 2.24) is 0 Å². The van der Waals surface area contributed by atoms with Crippen LogP contribution in [0.4, 0.5) is 0 Å². The summed E-state index contributed by atoms with van der Waals surface area (Å²) in [6.07, 6.45) is 11.6. The van der Waals surface area contributed by atoms with Crippen molar-refractivity contribution in [1.29, 1.82) is 21.0 Å². The maximum atomic E-state index is 10.1. The molecule has 6 aromatic rings. The van der Waals surface area contributed by atoms with E-state index in [1.807, 2.05) is 36.4 Å². The number of unbranched alkanes of at least 4 members (excludes halogenated alkanes) is 6. The number of nitrogens with zero attached hydrogens (tertiary/aromatic N) is 4. The fourth-order valence-corrected chi connectivity index (χ4v) is 10.5. The molecular formula is C57H46N4. The molecule has 0 fully saturated rings. The van der Waals surface area contributed by atoms with E-state index in [1.165, 1.54) is 60.8 Å². The van der Waals surface area contributed by atoms with Crippen molar-refractivity contribution in [3.63, 3.8) is 0 Å². The van der Waals surface area contributed by atoms with Crippen LogP contribution in [0.15, 0.2) is 132 Å². The Kier molecular flexibility index (Phi) is 10.6. The molecule has 0 unspecified atom stereocenters. The highest BCUT2D eigenvalue weighted by Crippen LogP contribution is 2.57. The van der Waals surface area contributed by atoms with Crippen LogP contribution >= 0.6 is 0 Å². The average Bonchev–Trinajstić information content (AvgIpc) is 3.91. The first-order chi connectivity index (χ1) is 30.0. The van der Waals surface area contributed by atoms with Gasteiger partial charge < -0.3 is 0 Å². The monoisotopic (exact) mass is 786 g/mol. The van der Waals surface area contributed by atoms with E-state index >= 15 is 0 Å². The lowest BCUT2D eigenvalue weighted by atomic mass is 9.70. The van der Waals surface area contributed by atoms with Crippen LogP contribution in [0.3, 0.4) is 0 Å². The molecule has 0 saturated heterocycles. The third kappa shape index (κ3) is 6.49. The number of hydrogen-bond donors (Lipinski definition) is 0. The summed E-state index contributed by atoms with van der Waals surface area (Å²) >= 11 is 0. The first-order valence-electron chi connectivity index (χ1n) is 21.9. The van der Waals surface area contributed by atoms with Crippen molar-refractivity contribution in [2.45, 2.75) is 83.5 Å². The number of nitriles is 4. The minimum absolute atomic E-state index is 0.137. The Morgan fingerprint density at radius 1 is 0.377 bits per heavy atom. The van der Waals surface area contributed by atoms with Crippen molar-refractivity contribution in [2.24, 2.45) is 0 Å². The van der Waals surface area contributed by atoms with E-state index < -0.39 is 0 Å². The van der Waals surface area contributed by atoms with Gasteiger partial charge in [-0.05, 0) is 126 Å². The zero-order valence-corrected chi connectivity index (χ0v) is 34.9. The molecular weight excluding hydrogens is 741 g/mol. The van der Waals surface area contributed by atoms with E-state index in [0.29, 0.717) is 11.1 Å². The number of allylic oxidation sites excluding steroid dienone is 2. The molecule has 0 atom stereocenters. The largest absolute Gasteiger partial charge is 0.192 e. The van der Waals surface area contributed by atoms with Gasteiger partial charge in [0.1, 0.15) is 35.4 Å². The number of fused-ring (bicyclic) bond motifs is 9. The van der Waals surface area contributed by atoms with Gasteiger partial charge in [-0.1, -0.05) is 162 Å². The quantitative estimate of drug-likeness (QED) is 0.0910. The van der Waals surface area contributed by atoms with Crippen LogP contribution in [0.5, 0.6) is 0 Å². The van der Waals surface area contributed by atoms with Gasteiger partial charge >= 0.3 is 0 Å². The molecule has 61 heavy (non-hydrogen) atoms. The molecule has 0 aromatic heterocycles. The molecule has 0 heterocycles. The summed E-state index contributed by atoms with van der Waals surface area (Å²) < 4.78 is 0. The van der Waals surface area contributed by atoms with Crippen molar-refractivity contribution >= 4 is 11.1 Å². The summed E-state index contributed by atoms with van der Waals surface area (Å²) in [5.74, 6) is 0. The van der Waals surface area contributed by atoms with Gasteiger partial charge in [0.05, 0.1) is 0 Å². The molecule has 294 valence electrons. The lowest BCUT2D eigenvalue weighted by Crippen LogP contribution is -2.25. The highest BCUT2D eigenvalue weighted by molar-refractivity contribution is 6.06. The van der Waals surface area contributed by atoms with Crippen LogP contribution < -0.4 is 0 Å². The van der Waals surface area contributed by atoms with E-state index in [0.717, 1.165) is 92.4 Å². The second-order valence-corrected chi connectivity index (χ2v) is 16.8. The molecule has 0 aliphatic heterocycles. The molecule has 4 heteroatoms. The van der Waals surface area contributed by atoms with E-state index in [4.69, 9.17) is 0 Å². The fourth-order valence-electron chi connectivity index (χ4n) is 10.5. The van der Waals surface area contributed by atoms with Gasteiger partial charge in [-0.15, -0.1) is 0 Å². The van der Waals surface area contributed by atoms with E-state index in [1.54, 1.807) is 0 Å². The zero-order valence-electron chi connectivity index (χ0n) is 34.9. The van der Waals surface area contributed by atoms with Gasteiger partial charge in [0, 0.05) is 16.6 Å². The second-order valence-electron chi connectivity index (χ2n) is 16.8. The Morgan fingerprint density at radius 3 is 1.10 bits per heavy atom. The minimum atomic E-state index is -0.183. The molecule has 3 aliphatic rings. The average molecular weight is 787 g/mol. The molecule has 4 nitrogen and oxygen atoms in total. The SMILES string of the molecule is CCCCCCC1(CCCCCC)c2cc(-c3ccc4c(c3)C(=C(C#N)C#N)c3ccccc3-4)ccc2-c2ccc(-c3ccc4c(c3)C(=C(C#N)C#N)c3ccccc3-4)cc21. The smallest absolute Gasteiger partial charge is 0.138 e. The zero-order chi connectivity index (χ0) is 42.1. The van der Waals surface area contributed by atoms with Crippen LogP contribution in [-0.4, -0.2) is 0 Å². The number of hydrogen-bond acceptors (Lipinski definition) is 4. The summed E-state index contributed by atoms with van der Waals surface area (Å²) in [7, 11) is 0. The standard InChI is InChI=1S/C57H46N4/c1-3-5-7-13-27-57(28-14-8-6-4-2)53-31-39(37-19-23-45-43-15-9-11-17-49(43)55(51(45)29-37)41(33-58)34-59)21-25-47(53)48-26-22-40(32-54(48)57)38-20-24-46-44-16-10-12-18-50(44)56(52(46)30-38)42(35-60)36-61/h9-12,15-26,29-32H,3-8,13-14,27-28H2,1-2H3. The Balaban J connectivity index is 1.19. The van der Waals surface area contributed by atoms with Crippen LogP contribution in [0.25, 0.3) is 66.8 Å². The van der Waals surface area contributed by atoms with Crippen LogP contribution in [0.1, 0.15) is 111 Å². The van der Waals surface area contributed by atoms with Gasteiger partial charge in [-0.25, -0.2) is 0 Å². The van der Waals surface area contributed by atoms with Gasteiger partial charge in [0.2, 0.25) is 0 Å². The van der Waals surface area contributed by atoms with Crippen molar-refractivity contribution in [3.05, 3.63) is 166 Å². The number of benzene rings is 6. The first kappa shape index (κ1) is 39.2. The molecule has 0 spiro atoms. The molecule has 0 amide bonds. The van der Waals surface area contributed by atoms with Crippen molar-refractivity contribution < 1.29 is 0 Å². The molecule has 3 aliphatic carbocycles. The fraction of sp³-hybridized carbons (Fsp3) is 0.228. The predicted octanol–water partition coefficient (Wildman–Crippen LogP) is 14.9. The summed E-state index contributed by atoms with van der Waals surface area (Å²) in [6, 6.07) is 52.0. The Morgan fingerprint density at radius 2 is 0.721 bits per heavy atom. The molecule has 0 saturated carbocycles. The third-order valence-corrected chi connectivity index (χ3v) is 13.4. The van der Waals surface area contributed by atoms with Crippen LogP contribution in [0, 0.1) is 45.3 Å². The van der Waals surface area contributed by atoms with Crippen molar-refractivity contribution in [2.75, 3.05) is 0 Å². The highest BCUT2D eigenvalue weighted by atomic mass is 14.5. The number of rotatable bonds is 12. The molecule has 0 N–H and O–H groups in total. The van der Waals surface area contributed by atoms with Gasteiger partial charge in [0.15, 0.2) is 0 Å². The van der Waals surface area contributed by atoms with Crippen LogP contribution in [-0.2, 0) is 5.41 Å². The summed E-state index contributed by atoms with van der Waals surface area (Å²) in [4.78, 5) is 0. The van der Waals surface area contributed by atoms with Crippen LogP contribution in [0.2, 0.25) is 0 Å². The maximum Gasteiger partial charge on any atom is 0.138 e. The summed E-state index contributed by atoms with van der Waals surface area (Å²) in [5, 5.41) is 40.2. The first-order valence-corrected chi connectivity index (χ1v) is 21.9. The molecule has 0 bridgehead atoms. The normalized spacial score (nSPS) is 13.1. The minimum Gasteiger partial charge on any atom is -0.192 e. The third-order valence-electron chi connectivity index (χ3n) is 13.4. The van der Waals surface area contributed by atoms with Gasteiger partial charge in [0.25, 0.3) is 0 Å². The lowest BCUT2D eigenvalue weighted by Gasteiger charge is -2.33. The topological polar surface area (TPSA) is 95.2 Å². The van der Waals surface area contributed by atoms with Gasteiger partial charge in [-0.2, -0.15) is 21.0 Å². The maximum absolute atomic E-state index is 10.1. The molecule has 0 radical (unpaired) electrons. The molecule has 6 aromatic carbocycles. The van der Waals surface area contributed by atoms with Gasteiger partial charge in [-0.3, -0.25) is 0 Å². The van der Waals surface area contributed by atoms with E-state index in [2.05, 4.69) is 123 Å². The van der Waals surface area contributed by atoms with E-state index in [9.17, 15) is 21.0 Å². The Labute approximate surface area is 360 Å². The molecule has 9 rings (SSSR count). The van der Waals surface area contributed by atoms with Crippen molar-refractivity contribution in [3.8, 4) is 79.9 Å². The predicted molar refractivity (Wildman–Crippen MR) is 246 cm³/mol. The highest BCUT2D eigenvalue weighted by Gasteiger charge is 2.43. The van der Waals surface area contributed by atoms with E-state index in [-0.39, 0.29) is 16.6 Å². The summed E-state index contributed by atoms with van der Waals surface area (Å²) in [6.45, 7) is 4.55. The summed E-state index contributed by atoms with van der Waals surface area (Å²) in [5.41, 5.74) is 19.2. The Bertz CT molecular complexity index is 2760. The lowest BCUT2D eigenvalue weighted by molar-refractivity contribution is 0.401.